The van der Waals surface area contributed by atoms with Gasteiger partial charge in [0.15, 0.2) is 11.5 Å². The number of imidazole rings is 1. The van der Waals surface area contributed by atoms with Crippen LogP contribution in [-0.2, 0) is 13.0 Å². The van der Waals surface area contributed by atoms with Crippen molar-refractivity contribution in [3.63, 3.8) is 0 Å². The van der Waals surface area contributed by atoms with Crippen molar-refractivity contribution < 1.29 is 13.2 Å². The molecule has 1 fully saturated rings. The maximum absolute atomic E-state index is 12.9. The van der Waals surface area contributed by atoms with Crippen molar-refractivity contribution in [1.82, 2.24) is 28.6 Å². The highest BCUT2D eigenvalue weighted by molar-refractivity contribution is 7.10. The molecule has 1 aliphatic rings. The minimum Gasteiger partial charge on any atom is -0.364 e. The zero-order valence-corrected chi connectivity index (χ0v) is 19.8. The highest BCUT2D eigenvalue weighted by Crippen LogP contribution is 2.35. The van der Waals surface area contributed by atoms with Crippen LogP contribution >= 0.6 is 11.5 Å². The molecule has 0 radical (unpaired) electrons. The van der Waals surface area contributed by atoms with Gasteiger partial charge >= 0.3 is 6.18 Å². The zero-order chi connectivity index (χ0) is 23.9. The van der Waals surface area contributed by atoms with Crippen molar-refractivity contribution in [1.29, 1.82) is 0 Å². The fourth-order valence-corrected chi connectivity index (χ4v) is 5.07. The molecular weight excluding hydrogens is 463 g/mol. The first-order valence-corrected chi connectivity index (χ1v) is 12.1. The molecule has 0 spiro atoms. The quantitative estimate of drug-likeness (QED) is 0.370. The number of rotatable bonds is 6. The Bertz CT molecular complexity index is 1280. The van der Waals surface area contributed by atoms with Gasteiger partial charge in [-0.2, -0.15) is 17.5 Å². The summed E-state index contributed by atoms with van der Waals surface area (Å²) in [4.78, 5) is 14.6. The molecule has 0 amide bonds. The molecule has 0 aromatic carbocycles. The number of nitrogens with zero attached hydrogens (tertiary/aromatic N) is 5. The first-order valence-electron chi connectivity index (χ1n) is 11.3. The number of aromatic nitrogens is 5. The van der Waals surface area contributed by atoms with E-state index in [1.165, 1.54) is 11.5 Å². The fourth-order valence-electron chi connectivity index (χ4n) is 4.41. The molecule has 0 aliphatic carbocycles. The van der Waals surface area contributed by atoms with Gasteiger partial charge in [0.1, 0.15) is 5.00 Å². The van der Waals surface area contributed by atoms with E-state index >= 15 is 0 Å². The van der Waals surface area contributed by atoms with Gasteiger partial charge in [0, 0.05) is 30.2 Å². The van der Waals surface area contributed by atoms with Gasteiger partial charge in [-0.25, -0.2) is 9.97 Å². The Morgan fingerprint density at radius 3 is 2.74 bits per heavy atom. The third-order valence-corrected chi connectivity index (χ3v) is 7.01. The van der Waals surface area contributed by atoms with E-state index < -0.39 is 12.1 Å². The third kappa shape index (κ3) is 4.67. The Labute approximate surface area is 199 Å². The van der Waals surface area contributed by atoms with E-state index in [2.05, 4.69) is 37.6 Å². The van der Waals surface area contributed by atoms with Crippen molar-refractivity contribution in [2.75, 3.05) is 18.4 Å². The molecule has 4 aromatic heterocycles. The topological polar surface area (TPSA) is 74.1 Å². The van der Waals surface area contributed by atoms with Crippen LogP contribution in [0.3, 0.4) is 0 Å². The van der Waals surface area contributed by atoms with Crippen molar-refractivity contribution >= 4 is 28.0 Å². The van der Waals surface area contributed by atoms with Gasteiger partial charge in [0.25, 0.3) is 0 Å². The second-order valence-electron chi connectivity index (χ2n) is 8.73. The van der Waals surface area contributed by atoms with Crippen molar-refractivity contribution in [2.24, 2.45) is 5.92 Å². The maximum atomic E-state index is 12.9. The number of aryl methyl sites for hydroxylation is 2. The summed E-state index contributed by atoms with van der Waals surface area (Å²) in [5.41, 5.74) is 5.60. The molecule has 5 rings (SSSR count). The van der Waals surface area contributed by atoms with E-state index in [0.717, 1.165) is 39.8 Å². The lowest BCUT2D eigenvalue weighted by molar-refractivity contribution is -0.185. The van der Waals surface area contributed by atoms with Gasteiger partial charge in [-0.3, -0.25) is 9.30 Å². The first kappa shape index (κ1) is 22.9. The fraction of sp³-hybridized carbons (Fsp3) is 0.435. The summed E-state index contributed by atoms with van der Waals surface area (Å²) in [5, 5.41) is 4.16. The van der Waals surface area contributed by atoms with Crippen LogP contribution in [0.2, 0.25) is 0 Å². The van der Waals surface area contributed by atoms with Crippen LogP contribution in [0.4, 0.5) is 24.0 Å². The summed E-state index contributed by atoms with van der Waals surface area (Å²) in [6.45, 7) is 5.44. The van der Waals surface area contributed by atoms with Gasteiger partial charge in [0.05, 0.1) is 29.2 Å². The lowest BCUT2D eigenvalue weighted by Crippen LogP contribution is -2.38. The van der Waals surface area contributed by atoms with Crippen molar-refractivity contribution in [2.45, 2.75) is 45.8 Å². The number of hydrogen-bond acceptors (Lipinski definition) is 6. The van der Waals surface area contributed by atoms with E-state index in [0.29, 0.717) is 31.1 Å². The summed E-state index contributed by atoms with van der Waals surface area (Å²) in [7, 11) is 0. The van der Waals surface area contributed by atoms with Crippen LogP contribution in [0.25, 0.3) is 16.9 Å². The Kier molecular flexibility index (Phi) is 6.07. The molecule has 0 unspecified atom stereocenters. The first-order chi connectivity index (χ1) is 16.3. The summed E-state index contributed by atoms with van der Waals surface area (Å²) >= 11 is 1.31. The number of anilines is 2. The second kappa shape index (κ2) is 9.03. The highest BCUT2D eigenvalue weighted by Gasteiger charge is 2.41. The molecule has 0 saturated carbocycles. The zero-order valence-electron chi connectivity index (χ0n) is 19.0. The summed E-state index contributed by atoms with van der Waals surface area (Å²) in [6.07, 6.45) is 2.91. The van der Waals surface area contributed by atoms with Crippen LogP contribution < -0.4 is 5.32 Å². The molecule has 7 nitrogen and oxygen atoms in total. The smallest absolute Gasteiger partial charge is 0.364 e. The van der Waals surface area contributed by atoms with E-state index in [1.807, 2.05) is 40.9 Å². The highest BCUT2D eigenvalue weighted by atomic mass is 32.1. The monoisotopic (exact) mass is 489 g/mol. The molecule has 180 valence electrons. The number of likely N-dealkylation sites (tertiary alicyclic amines) is 1. The van der Waals surface area contributed by atoms with E-state index in [4.69, 9.17) is 0 Å². The molecule has 5 heterocycles. The average Bonchev–Trinajstić information content (AvgIpc) is 3.53. The van der Waals surface area contributed by atoms with Crippen LogP contribution in [0, 0.1) is 12.8 Å². The Morgan fingerprint density at radius 2 is 2.03 bits per heavy atom. The standard InChI is InChI=1S/C23H26F3N7S/c1-3-17-8-15(10-27-17)19-11-28-22-21(29-14(2)12-33(19)22)30-20-9-18(31-34-20)13-32-6-4-16(5-7-32)23(24,25)26/h8-12,16,27H,3-7,13H2,1-2H3,(H,29,30). The van der Waals surface area contributed by atoms with Gasteiger partial charge < -0.3 is 10.3 Å². The predicted molar refractivity (Wildman–Crippen MR) is 126 cm³/mol. The van der Waals surface area contributed by atoms with Crippen LogP contribution in [0.15, 0.2) is 30.7 Å². The minimum atomic E-state index is -4.10. The summed E-state index contributed by atoms with van der Waals surface area (Å²) in [5.74, 6) is -0.552. The molecule has 0 bridgehead atoms. The van der Waals surface area contributed by atoms with E-state index in [1.54, 1.807) is 0 Å². The molecule has 1 aliphatic heterocycles. The van der Waals surface area contributed by atoms with Crippen LogP contribution in [0.1, 0.15) is 36.8 Å². The molecule has 0 atom stereocenters. The SMILES string of the molecule is CCc1cc(-c2cnc3c(Nc4cc(CN5CCC(C(F)(F)F)CC5)ns4)nc(C)cn23)c[nH]1. The second-order valence-corrected chi connectivity index (χ2v) is 9.54. The largest absolute Gasteiger partial charge is 0.391 e. The lowest BCUT2D eigenvalue weighted by Gasteiger charge is -2.32. The molecular formula is C23H26F3N7S. The Balaban J connectivity index is 1.31. The number of aromatic amines is 1. The maximum Gasteiger partial charge on any atom is 0.391 e. The molecule has 11 heteroatoms. The third-order valence-electron chi connectivity index (χ3n) is 6.27. The number of nitrogens with one attached hydrogen (secondary N) is 2. The van der Waals surface area contributed by atoms with Crippen molar-refractivity contribution in [3.05, 3.63) is 47.8 Å². The molecule has 1 saturated heterocycles. The molecule has 4 aromatic rings. The number of fused-ring (bicyclic) bond motifs is 1. The van der Waals surface area contributed by atoms with Crippen molar-refractivity contribution in [3.8, 4) is 11.3 Å². The van der Waals surface area contributed by atoms with E-state index in [-0.39, 0.29) is 12.8 Å². The Hall–Kier alpha value is -2.92. The summed E-state index contributed by atoms with van der Waals surface area (Å²) in [6, 6.07) is 4.06. The van der Waals surface area contributed by atoms with Crippen LogP contribution in [-0.4, -0.2) is 47.9 Å². The molecule has 2 N–H and O–H groups in total. The van der Waals surface area contributed by atoms with Crippen LogP contribution in [0.5, 0.6) is 0 Å². The number of hydrogen-bond donors (Lipinski definition) is 2. The van der Waals surface area contributed by atoms with Gasteiger partial charge in [-0.15, -0.1) is 0 Å². The number of piperidine rings is 1. The number of alkyl halides is 3. The Morgan fingerprint density at radius 1 is 1.24 bits per heavy atom. The molecule has 34 heavy (non-hydrogen) atoms. The predicted octanol–water partition coefficient (Wildman–Crippen LogP) is 5.57. The normalized spacial score (nSPS) is 15.9. The number of halogens is 3. The lowest BCUT2D eigenvalue weighted by atomic mass is 9.96. The van der Waals surface area contributed by atoms with E-state index in [9.17, 15) is 13.2 Å². The van der Waals surface area contributed by atoms with Gasteiger partial charge in [0.2, 0.25) is 0 Å². The average molecular weight is 490 g/mol. The van der Waals surface area contributed by atoms with Gasteiger partial charge in [-0.1, -0.05) is 6.92 Å². The number of H-pyrrole nitrogens is 1. The van der Waals surface area contributed by atoms with Gasteiger partial charge in [-0.05, 0) is 62.9 Å². The minimum absolute atomic E-state index is 0.146. The summed E-state index contributed by atoms with van der Waals surface area (Å²) < 4.78 is 45.3.